The van der Waals surface area contributed by atoms with Gasteiger partial charge in [0, 0.05) is 13.3 Å². The predicted molar refractivity (Wildman–Crippen MR) is 75.8 cm³/mol. The fourth-order valence-corrected chi connectivity index (χ4v) is 2.03. The van der Waals surface area contributed by atoms with Gasteiger partial charge in [0.25, 0.3) is 0 Å². The molecule has 2 aromatic rings. The molecule has 0 spiro atoms. The highest BCUT2D eigenvalue weighted by Crippen LogP contribution is 2.22. The normalized spacial score (nSPS) is 11.9. The minimum atomic E-state index is -0.249. The lowest BCUT2D eigenvalue weighted by Gasteiger charge is -2.17. The van der Waals surface area contributed by atoms with Crippen molar-refractivity contribution in [2.24, 2.45) is 0 Å². The van der Waals surface area contributed by atoms with Gasteiger partial charge in [0.2, 0.25) is 0 Å². The van der Waals surface area contributed by atoms with E-state index in [1.165, 1.54) is 18.1 Å². The first-order chi connectivity index (χ1) is 9.15. The molecule has 1 atom stereocenters. The van der Waals surface area contributed by atoms with E-state index in [1.807, 2.05) is 30.3 Å². The maximum absolute atomic E-state index is 11.2. The number of benzene rings is 2. The Morgan fingerprint density at radius 2 is 1.68 bits per heavy atom. The quantitative estimate of drug-likeness (QED) is 0.775. The van der Waals surface area contributed by atoms with Crippen molar-refractivity contribution in [3.05, 3.63) is 71.3 Å². The molecule has 0 unspecified atom stereocenters. The zero-order chi connectivity index (χ0) is 13.7. The summed E-state index contributed by atoms with van der Waals surface area (Å²) in [7, 11) is 0. The van der Waals surface area contributed by atoms with Gasteiger partial charge in [-0.2, -0.15) is 0 Å². The summed E-state index contributed by atoms with van der Waals surface area (Å²) in [5.74, 6) is -0.249. The fourth-order valence-electron chi connectivity index (χ4n) is 2.03. The van der Waals surface area contributed by atoms with E-state index in [4.69, 9.17) is 4.74 Å². The topological polar surface area (TPSA) is 26.3 Å². The molecule has 0 aromatic heterocycles. The number of esters is 1. The van der Waals surface area contributed by atoms with Gasteiger partial charge in [-0.1, -0.05) is 60.2 Å². The second-order valence-electron chi connectivity index (χ2n) is 4.70. The number of carbonyl (C=O) groups excluding carboxylic acids is 1. The Balaban J connectivity index is 2.19. The molecule has 0 radical (unpaired) electrons. The molecule has 2 heteroatoms. The van der Waals surface area contributed by atoms with E-state index in [0.29, 0.717) is 6.42 Å². The first-order valence-electron chi connectivity index (χ1n) is 6.43. The molecule has 0 N–H and O–H groups in total. The van der Waals surface area contributed by atoms with E-state index < -0.39 is 0 Å². The molecule has 2 aromatic carbocycles. The SMILES string of the molecule is CC(=O)O[C@H](Cc1ccc(C)cc1)c1ccccc1. The molecule has 0 saturated carbocycles. The Hall–Kier alpha value is -2.09. The number of hydrogen-bond donors (Lipinski definition) is 0. The Morgan fingerprint density at radius 1 is 1.05 bits per heavy atom. The third-order valence-corrected chi connectivity index (χ3v) is 3.02. The van der Waals surface area contributed by atoms with Gasteiger partial charge in [-0.3, -0.25) is 4.79 Å². The van der Waals surface area contributed by atoms with Crippen molar-refractivity contribution >= 4 is 5.97 Å². The Bertz CT molecular complexity index is 529. The zero-order valence-electron chi connectivity index (χ0n) is 11.3. The first-order valence-corrected chi connectivity index (χ1v) is 6.43. The van der Waals surface area contributed by atoms with Crippen molar-refractivity contribution < 1.29 is 9.53 Å². The number of hydrogen-bond acceptors (Lipinski definition) is 2. The average molecular weight is 254 g/mol. The van der Waals surface area contributed by atoms with E-state index in [-0.39, 0.29) is 12.1 Å². The second-order valence-corrected chi connectivity index (χ2v) is 4.70. The van der Waals surface area contributed by atoms with E-state index in [1.54, 1.807) is 0 Å². The van der Waals surface area contributed by atoms with E-state index >= 15 is 0 Å². The average Bonchev–Trinajstić information content (AvgIpc) is 2.41. The van der Waals surface area contributed by atoms with Gasteiger partial charge >= 0.3 is 5.97 Å². The van der Waals surface area contributed by atoms with Crippen LogP contribution in [0.5, 0.6) is 0 Å². The summed E-state index contributed by atoms with van der Waals surface area (Å²) in [6.07, 6.45) is 0.477. The molecular formula is C17H18O2. The molecule has 0 amide bonds. The number of rotatable bonds is 4. The van der Waals surface area contributed by atoms with Gasteiger partial charge in [0.15, 0.2) is 0 Å². The molecule has 0 aliphatic carbocycles. The molecule has 98 valence electrons. The van der Waals surface area contributed by atoms with Crippen LogP contribution < -0.4 is 0 Å². The first kappa shape index (κ1) is 13.3. The minimum Gasteiger partial charge on any atom is -0.457 e. The molecule has 2 nitrogen and oxygen atoms in total. The van der Waals surface area contributed by atoms with Crippen molar-refractivity contribution in [3.8, 4) is 0 Å². The van der Waals surface area contributed by atoms with Crippen molar-refractivity contribution in [2.75, 3.05) is 0 Å². The highest BCUT2D eigenvalue weighted by atomic mass is 16.5. The minimum absolute atomic E-state index is 0.221. The van der Waals surface area contributed by atoms with Crippen LogP contribution in [0.15, 0.2) is 54.6 Å². The second kappa shape index (κ2) is 6.19. The van der Waals surface area contributed by atoms with Crippen LogP contribution in [0.2, 0.25) is 0 Å². The molecule has 0 aliphatic heterocycles. The van der Waals surface area contributed by atoms with Gasteiger partial charge in [0.05, 0.1) is 0 Å². The lowest BCUT2D eigenvalue weighted by molar-refractivity contribution is -0.146. The highest BCUT2D eigenvalue weighted by molar-refractivity contribution is 5.66. The van der Waals surface area contributed by atoms with Gasteiger partial charge in [0.1, 0.15) is 6.10 Å². The monoisotopic (exact) mass is 254 g/mol. The van der Waals surface area contributed by atoms with E-state index in [0.717, 1.165) is 5.56 Å². The van der Waals surface area contributed by atoms with Crippen LogP contribution in [0.3, 0.4) is 0 Å². The van der Waals surface area contributed by atoms with Gasteiger partial charge in [-0.25, -0.2) is 0 Å². The third kappa shape index (κ3) is 3.95. The van der Waals surface area contributed by atoms with Crippen molar-refractivity contribution in [1.29, 1.82) is 0 Å². The number of ether oxygens (including phenoxy) is 1. The molecule has 0 heterocycles. The highest BCUT2D eigenvalue weighted by Gasteiger charge is 2.15. The van der Waals surface area contributed by atoms with Crippen molar-refractivity contribution in [1.82, 2.24) is 0 Å². The van der Waals surface area contributed by atoms with E-state index in [2.05, 4.69) is 31.2 Å². The molecule has 2 rings (SSSR count). The van der Waals surface area contributed by atoms with Crippen molar-refractivity contribution in [2.45, 2.75) is 26.4 Å². The summed E-state index contributed by atoms with van der Waals surface area (Å²) in [5, 5.41) is 0. The molecule has 0 aliphatic rings. The Kier molecular flexibility index (Phi) is 4.35. The summed E-state index contributed by atoms with van der Waals surface area (Å²) >= 11 is 0. The molecular weight excluding hydrogens is 236 g/mol. The smallest absolute Gasteiger partial charge is 0.303 e. The van der Waals surface area contributed by atoms with Crippen LogP contribution in [0.4, 0.5) is 0 Å². The summed E-state index contributed by atoms with van der Waals surface area (Å²) in [6.45, 7) is 3.51. The largest absolute Gasteiger partial charge is 0.457 e. The van der Waals surface area contributed by atoms with Crippen LogP contribution in [-0.4, -0.2) is 5.97 Å². The predicted octanol–water partition coefficient (Wildman–Crippen LogP) is 3.84. The molecule has 0 fully saturated rings. The summed E-state index contributed by atoms with van der Waals surface area (Å²) in [6, 6.07) is 18.2. The lowest BCUT2D eigenvalue weighted by atomic mass is 10.0. The lowest BCUT2D eigenvalue weighted by Crippen LogP contribution is -2.11. The maximum Gasteiger partial charge on any atom is 0.303 e. The van der Waals surface area contributed by atoms with Crippen LogP contribution in [0.25, 0.3) is 0 Å². The third-order valence-electron chi connectivity index (χ3n) is 3.02. The van der Waals surface area contributed by atoms with Crippen LogP contribution >= 0.6 is 0 Å². The molecule has 19 heavy (non-hydrogen) atoms. The Labute approximate surface area is 114 Å². The van der Waals surface area contributed by atoms with Gasteiger partial charge in [-0.15, -0.1) is 0 Å². The molecule has 0 saturated heterocycles. The van der Waals surface area contributed by atoms with E-state index in [9.17, 15) is 4.79 Å². The summed E-state index contributed by atoms with van der Waals surface area (Å²) < 4.78 is 5.43. The van der Waals surface area contributed by atoms with Gasteiger partial charge < -0.3 is 4.74 Å². The fraction of sp³-hybridized carbons (Fsp3) is 0.235. The standard InChI is InChI=1S/C17H18O2/c1-13-8-10-15(11-9-13)12-17(19-14(2)18)16-6-4-3-5-7-16/h3-11,17H,12H2,1-2H3/t17-/m1/s1. The maximum atomic E-state index is 11.2. The van der Waals surface area contributed by atoms with Crippen LogP contribution in [0, 0.1) is 6.92 Å². The summed E-state index contributed by atoms with van der Waals surface area (Å²) in [5.41, 5.74) is 3.42. The number of aryl methyl sites for hydroxylation is 1. The number of carbonyl (C=O) groups is 1. The summed E-state index contributed by atoms with van der Waals surface area (Å²) in [4.78, 5) is 11.2. The van der Waals surface area contributed by atoms with Crippen molar-refractivity contribution in [3.63, 3.8) is 0 Å². The van der Waals surface area contributed by atoms with Crippen LogP contribution in [-0.2, 0) is 16.0 Å². The van der Waals surface area contributed by atoms with Crippen LogP contribution in [0.1, 0.15) is 29.7 Å². The molecule has 0 bridgehead atoms. The zero-order valence-corrected chi connectivity index (χ0v) is 11.3. The van der Waals surface area contributed by atoms with Gasteiger partial charge in [-0.05, 0) is 18.1 Å². The Morgan fingerprint density at radius 3 is 2.26 bits per heavy atom.